The van der Waals surface area contributed by atoms with Crippen LogP contribution >= 0.6 is 0 Å². The normalized spacial score (nSPS) is 19.0. The molecule has 25 heavy (non-hydrogen) atoms. The molecule has 0 unspecified atom stereocenters. The molecule has 0 bridgehead atoms. The fourth-order valence-corrected chi connectivity index (χ4v) is 3.19. The molecule has 0 N–H and O–H groups in total. The fourth-order valence-electron chi connectivity index (χ4n) is 3.19. The lowest BCUT2D eigenvalue weighted by Gasteiger charge is -2.21. The number of rotatable bonds is 5. The average molecular weight is 346 g/mol. The lowest BCUT2D eigenvalue weighted by atomic mass is 10.2. The van der Waals surface area contributed by atoms with Gasteiger partial charge < -0.3 is 23.4 Å². The van der Waals surface area contributed by atoms with E-state index in [1.807, 2.05) is 19.1 Å². The van der Waals surface area contributed by atoms with E-state index in [1.54, 1.807) is 7.11 Å². The molecule has 0 spiro atoms. The van der Waals surface area contributed by atoms with Crippen LogP contribution in [0.1, 0.15) is 17.9 Å². The molecule has 0 saturated carbocycles. The highest BCUT2D eigenvalue weighted by Crippen LogP contribution is 2.44. The van der Waals surface area contributed by atoms with Gasteiger partial charge in [-0.25, -0.2) is 4.98 Å². The molecule has 1 fully saturated rings. The molecule has 0 aliphatic carbocycles. The highest BCUT2D eigenvalue weighted by molar-refractivity contribution is 5.66. The summed E-state index contributed by atoms with van der Waals surface area (Å²) in [6, 6.07) is 4.16. The third kappa shape index (κ3) is 3.05. The van der Waals surface area contributed by atoms with Crippen molar-refractivity contribution in [3.05, 3.63) is 23.6 Å². The Morgan fingerprint density at radius 1 is 1.32 bits per heavy atom. The van der Waals surface area contributed by atoms with E-state index < -0.39 is 0 Å². The quantitative estimate of drug-likeness (QED) is 0.824. The molecule has 7 nitrogen and oxygen atoms in total. The van der Waals surface area contributed by atoms with E-state index in [-0.39, 0.29) is 6.79 Å². The maximum absolute atomic E-state index is 5.90. The smallest absolute Gasteiger partial charge is 0.231 e. The van der Waals surface area contributed by atoms with Crippen LogP contribution in [0.4, 0.5) is 0 Å². The van der Waals surface area contributed by atoms with Crippen molar-refractivity contribution >= 4 is 0 Å². The van der Waals surface area contributed by atoms with Crippen LogP contribution in [0.15, 0.2) is 16.5 Å². The summed E-state index contributed by atoms with van der Waals surface area (Å²) in [4.78, 5) is 6.96. The molecule has 4 rings (SSSR count). The summed E-state index contributed by atoms with van der Waals surface area (Å²) in [5, 5.41) is 0. The van der Waals surface area contributed by atoms with Crippen molar-refractivity contribution in [1.82, 2.24) is 9.88 Å². The second kappa shape index (κ2) is 6.57. The van der Waals surface area contributed by atoms with Crippen molar-refractivity contribution in [2.45, 2.75) is 25.9 Å². The van der Waals surface area contributed by atoms with Crippen molar-refractivity contribution in [2.75, 3.05) is 34.2 Å². The number of nitrogens with zero attached hydrogens (tertiary/aromatic N) is 2. The van der Waals surface area contributed by atoms with E-state index >= 15 is 0 Å². The van der Waals surface area contributed by atoms with Gasteiger partial charge in [0.1, 0.15) is 5.76 Å². The Kier molecular flexibility index (Phi) is 4.27. The first kappa shape index (κ1) is 16.2. The van der Waals surface area contributed by atoms with E-state index in [0.717, 1.165) is 43.2 Å². The summed E-state index contributed by atoms with van der Waals surface area (Å²) < 4.78 is 27.7. The minimum atomic E-state index is 0.194. The van der Waals surface area contributed by atoms with Gasteiger partial charge in [-0.2, -0.15) is 0 Å². The van der Waals surface area contributed by atoms with Crippen LogP contribution in [0.2, 0.25) is 0 Å². The van der Waals surface area contributed by atoms with Gasteiger partial charge in [0.25, 0.3) is 0 Å². The second-order valence-electron chi connectivity index (χ2n) is 6.37. The van der Waals surface area contributed by atoms with Crippen LogP contribution < -0.4 is 14.2 Å². The second-order valence-corrected chi connectivity index (χ2v) is 6.37. The first-order valence-corrected chi connectivity index (χ1v) is 8.38. The number of hydrogen-bond donors (Lipinski definition) is 0. The minimum Gasteiger partial charge on any atom is -0.493 e. The zero-order chi connectivity index (χ0) is 17.4. The zero-order valence-electron chi connectivity index (χ0n) is 14.7. The van der Waals surface area contributed by atoms with Gasteiger partial charge >= 0.3 is 0 Å². The van der Waals surface area contributed by atoms with Crippen LogP contribution in [0.25, 0.3) is 11.5 Å². The highest BCUT2D eigenvalue weighted by Gasteiger charge is 2.25. The number of oxazole rings is 1. The lowest BCUT2D eigenvalue weighted by molar-refractivity contribution is 0.155. The maximum Gasteiger partial charge on any atom is 0.231 e. The summed E-state index contributed by atoms with van der Waals surface area (Å²) in [5.41, 5.74) is 1.74. The maximum atomic E-state index is 5.90. The third-order valence-corrected chi connectivity index (χ3v) is 4.73. The Labute approximate surface area is 146 Å². The first-order valence-electron chi connectivity index (χ1n) is 8.38. The molecule has 2 aliphatic rings. The molecular weight excluding hydrogens is 324 g/mol. The monoisotopic (exact) mass is 346 g/mol. The van der Waals surface area contributed by atoms with Gasteiger partial charge in [-0.15, -0.1) is 0 Å². The summed E-state index contributed by atoms with van der Waals surface area (Å²) in [6.45, 7) is 4.47. The van der Waals surface area contributed by atoms with Gasteiger partial charge in [-0.3, -0.25) is 4.90 Å². The van der Waals surface area contributed by atoms with Crippen LogP contribution in [0.5, 0.6) is 17.2 Å². The molecule has 134 valence electrons. The van der Waals surface area contributed by atoms with E-state index in [1.165, 1.54) is 0 Å². The highest BCUT2D eigenvalue weighted by atomic mass is 16.7. The molecule has 3 heterocycles. The standard InChI is InChI=1S/C18H22N2O5/c1-11-14(8-20(2)13-4-5-22-9-13)19-18(25-11)12-6-15(21-3)17-16(7-12)23-10-24-17/h6-7,13H,4-5,8-10H2,1-3H3/t13-/m1/s1. The number of benzene rings is 1. The Morgan fingerprint density at radius 3 is 2.96 bits per heavy atom. The number of aryl methyl sites for hydroxylation is 1. The van der Waals surface area contributed by atoms with Crippen molar-refractivity contribution < 1.29 is 23.4 Å². The van der Waals surface area contributed by atoms with E-state index in [4.69, 9.17) is 28.3 Å². The van der Waals surface area contributed by atoms with E-state index in [2.05, 4.69) is 11.9 Å². The van der Waals surface area contributed by atoms with E-state index in [9.17, 15) is 0 Å². The van der Waals surface area contributed by atoms with Gasteiger partial charge in [-0.05, 0) is 32.5 Å². The molecule has 0 radical (unpaired) electrons. The van der Waals surface area contributed by atoms with Gasteiger partial charge in [0.2, 0.25) is 18.4 Å². The molecule has 2 aromatic rings. The van der Waals surface area contributed by atoms with Crippen LogP contribution in [0, 0.1) is 6.92 Å². The topological polar surface area (TPSA) is 66.2 Å². The van der Waals surface area contributed by atoms with Crippen LogP contribution in [-0.2, 0) is 11.3 Å². The molecule has 1 aromatic heterocycles. The Bertz CT molecular complexity index is 767. The molecule has 1 atom stereocenters. The molecular formula is C18H22N2O5. The van der Waals surface area contributed by atoms with Crippen molar-refractivity contribution in [1.29, 1.82) is 0 Å². The Balaban J connectivity index is 1.59. The summed E-state index contributed by atoms with van der Waals surface area (Å²) in [6.07, 6.45) is 1.06. The van der Waals surface area contributed by atoms with Crippen molar-refractivity contribution in [3.8, 4) is 28.7 Å². The molecule has 2 aliphatic heterocycles. The molecule has 1 aromatic carbocycles. The van der Waals surface area contributed by atoms with Gasteiger partial charge in [0, 0.05) is 24.8 Å². The molecule has 1 saturated heterocycles. The van der Waals surface area contributed by atoms with Crippen molar-refractivity contribution in [3.63, 3.8) is 0 Å². The third-order valence-electron chi connectivity index (χ3n) is 4.73. The number of aromatic nitrogens is 1. The minimum absolute atomic E-state index is 0.194. The summed E-state index contributed by atoms with van der Waals surface area (Å²) >= 11 is 0. The van der Waals surface area contributed by atoms with Gasteiger partial charge in [0.05, 0.1) is 19.4 Å². The average Bonchev–Trinajstić information content (AvgIpc) is 3.35. The Morgan fingerprint density at radius 2 is 2.20 bits per heavy atom. The van der Waals surface area contributed by atoms with Crippen molar-refractivity contribution in [2.24, 2.45) is 0 Å². The Hall–Kier alpha value is -2.25. The number of ether oxygens (including phenoxy) is 4. The predicted molar refractivity (Wildman–Crippen MR) is 90.0 cm³/mol. The summed E-state index contributed by atoms with van der Waals surface area (Å²) in [5.74, 6) is 3.25. The largest absolute Gasteiger partial charge is 0.493 e. The lowest BCUT2D eigenvalue weighted by Crippen LogP contribution is -2.31. The first-order chi connectivity index (χ1) is 12.2. The fraction of sp³-hybridized carbons (Fsp3) is 0.500. The van der Waals surface area contributed by atoms with Crippen LogP contribution in [-0.4, -0.2) is 50.1 Å². The van der Waals surface area contributed by atoms with Gasteiger partial charge in [0.15, 0.2) is 11.5 Å². The zero-order valence-corrected chi connectivity index (χ0v) is 14.7. The molecule has 7 heteroatoms. The number of likely N-dealkylation sites (N-methyl/N-ethyl adjacent to an activating group) is 1. The van der Waals surface area contributed by atoms with Crippen LogP contribution in [0.3, 0.4) is 0 Å². The number of fused-ring (bicyclic) bond motifs is 1. The summed E-state index contributed by atoms with van der Waals surface area (Å²) in [7, 11) is 3.70. The van der Waals surface area contributed by atoms with E-state index in [0.29, 0.717) is 29.2 Å². The molecule has 0 amide bonds. The number of hydrogen-bond acceptors (Lipinski definition) is 7. The number of methoxy groups -OCH3 is 1. The van der Waals surface area contributed by atoms with Gasteiger partial charge in [-0.1, -0.05) is 0 Å². The predicted octanol–water partition coefficient (Wildman–Crippen LogP) is 2.61. The SMILES string of the molecule is COc1cc(-c2nc(CN(C)[C@@H]3CCOC3)c(C)o2)cc2c1OCO2.